The average molecular weight is 421 g/mol. The molecule has 8 heteroatoms. The van der Waals surface area contributed by atoms with Crippen LogP contribution in [0, 0.1) is 5.82 Å². The lowest BCUT2D eigenvalue weighted by molar-refractivity contribution is 0.00564. The summed E-state index contributed by atoms with van der Waals surface area (Å²) in [5.41, 5.74) is -2.00. The fourth-order valence-electron chi connectivity index (χ4n) is 1.75. The van der Waals surface area contributed by atoms with Gasteiger partial charge in [0, 0.05) is 0 Å². The molecule has 25 heavy (non-hydrogen) atoms. The van der Waals surface area contributed by atoms with Crippen LogP contribution in [0.25, 0.3) is 0 Å². The second-order valence-electron chi connectivity index (χ2n) is 7.15. The van der Waals surface area contributed by atoms with Crippen LogP contribution in [0.4, 0.5) is 9.18 Å². The van der Waals surface area contributed by atoms with Gasteiger partial charge in [-0.05, 0) is 63.5 Å². The number of carbonyl (C=O) groups is 2. The number of halogens is 2. The van der Waals surface area contributed by atoms with Gasteiger partial charge < -0.3 is 18.9 Å². The van der Waals surface area contributed by atoms with Crippen molar-refractivity contribution in [2.45, 2.75) is 52.7 Å². The molecule has 0 aromatic heterocycles. The Labute approximate surface area is 154 Å². The molecule has 0 N–H and O–H groups in total. The molecule has 0 aliphatic carbocycles. The van der Waals surface area contributed by atoms with Crippen LogP contribution in [-0.4, -0.2) is 30.4 Å². The lowest BCUT2D eigenvalue weighted by Gasteiger charge is -2.23. The quantitative estimate of drug-likeness (QED) is 0.513. The molecule has 0 heterocycles. The van der Waals surface area contributed by atoms with E-state index in [1.165, 1.54) is 7.11 Å². The molecule has 0 unspecified atom stereocenters. The van der Waals surface area contributed by atoms with E-state index in [0.29, 0.717) is 0 Å². The van der Waals surface area contributed by atoms with E-state index in [-0.39, 0.29) is 15.8 Å². The van der Waals surface area contributed by atoms with Crippen molar-refractivity contribution in [2.75, 3.05) is 7.11 Å². The first-order chi connectivity index (χ1) is 11.2. The summed E-state index contributed by atoms with van der Waals surface area (Å²) >= 11 is 3.08. The lowest BCUT2D eigenvalue weighted by atomic mass is 10.1. The normalized spacial score (nSPS) is 11.7. The van der Waals surface area contributed by atoms with E-state index in [1.807, 2.05) is 0 Å². The fourth-order valence-corrected chi connectivity index (χ4v) is 2.23. The molecule has 1 aromatic rings. The molecule has 0 radical (unpaired) electrons. The van der Waals surface area contributed by atoms with Crippen molar-refractivity contribution < 1.29 is 32.9 Å². The number of esters is 1. The van der Waals surface area contributed by atoms with E-state index >= 15 is 0 Å². The summed E-state index contributed by atoms with van der Waals surface area (Å²) in [7, 11) is 1.19. The van der Waals surface area contributed by atoms with Gasteiger partial charge in [-0.1, -0.05) is 0 Å². The monoisotopic (exact) mass is 420 g/mol. The molecule has 0 saturated carbocycles. The smallest absolute Gasteiger partial charge is 0.493 e. The molecular weight excluding hydrogens is 399 g/mol. The standard InChI is InChI=1S/C17H22BrFO6/c1-16(2,3)24-14(20)11-12(23-15(21)25-17(4,5)6)9(18)8-10(19)13(11)22-7/h8H,1-7H3. The Bertz CT molecular complexity index is 673. The lowest BCUT2D eigenvalue weighted by Crippen LogP contribution is -2.28. The maximum atomic E-state index is 14.2. The van der Waals surface area contributed by atoms with E-state index < -0.39 is 34.9 Å². The Balaban J connectivity index is 3.40. The first kappa shape index (κ1) is 21.2. The van der Waals surface area contributed by atoms with E-state index in [9.17, 15) is 14.0 Å². The summed E-state index contributed by atoms with van der Waals surface area (Å²) < 4.78 is 34.6. The van der Waals surface area contributed by atoms with Crippen molar-refractivity contribution >= 4 is 28.1 Å². The number of carbonyl (C=O) groups excluding carboxylic acids is 2. The van der Waals surface area contributed by atoms with E-state index in [1.54, 1.807) is 41.5 Å². The van der Waals surface area contributed by atoms with Crippen LogP contribution < -0.4 is 9.47 Å². The first-order valence-corrected chi connectivity index (χ1v) is 8.24. The molecule has 1 rings (SSSR count). The van der Waals surface area contributed by atoms with Gasteiger partial charge in [0.25, 0.3) is 0 Å². The van der Waals surface area contributed by atoms with Crippen molar-refractivity contribution in [3.05, 3.63) is 21.9 Å². The van der Waals surface area contributed by atoms with Gasteiger partial charge in [-0.3, -0.25) is 0 Å². The second kappa shape index (κ2) is 7.59. The van der Waals surface area contributed by atoms with Gasteiger partial charge in [0.15, 0.2) is 17.3 Å². The third-order valence-corrected chi connectivity index (χ3v) is 3.11. The minimum Gasteiger partial charge on any atom is -0.493 e. The van der Waals surface area contributed by atoms with Gasteiger partial charge in [-0.25, -0.2) is 14.0 Å². The number of benzene rings is 1. The minimum absolute atomic E-state index is 0.0394. The van der Waals surface area contributed by atoms with Crippen molar-refractivity contribution in [1.29, 1.82) is 0 Å². The second-order valence-corrected chi connectivity index (χ2v) is 8.00. The molecule has 0 bridgehead atoms. The molecule has 0 saturated heterocycles. The zero-order valence-electron chi connectivity index (χ0n) is 15.3. The highest BCUT2D eigenvalue weighted by atomic mass is 79.9. The first-order valence-electron chi connectivity index (χ1n) is 7.45. The highest BCUT2D eigenvalue weighted by Crippen LogP contribution is 2.39. The predicted octanol–water partition coefficient (Wildman–Crippen LogP) is 4.87. The van der Waals surface area contributed by atoms with E-state index in [4.69, 9.17) is 18.9 Å². The molecule has 0 aliphatic heterocycles. The Hall–Kier alpha value is -1.83. The van der Waals surface area contributed by atoms with Crippen molar-refractivity contribution in [1.82, 2.24) is 0 Å². The van der Waals surface area contributed by atoms with Gasteiger partial charge in [-0.15, -0.1) is 0 Å². The van der Waals surface area contributed by atoms with Crippen LogP contribution in [0.1, 0.15) is 51.9 Å². The topological polar surface area (TPSA) is 71.1 Å². The number of hydrogen-bond donors (Lipinski definition) is 0. The van der Waals surface area contributed by atoms with Gasteiger partial charge in [0.2, 0.25) is 0 Å². The number of hydrogen-bond acceptors (Lipinski definition) is 6. The van der Waals surface area contributed by atoms with Gasteiger partial charge in [0.1, 0.15) is 16.8 Å². The molecule has 0 spiro atoms. The zero-order valence-corrected chi connectivity index (χ0v) is 16.9. The molecule has 0 amide bonds. The van der Waals surface area contributed by atoms with Gasteiger partial charge in [-0.2, -0.15) is 0 Å². The van der Waals surface area contributed by atoms with Crippen molar-refractivity contribution in [3.8, 4) is 11.5 Å². The van der Waals surface area contributed by atoms with E-state index in [2.05, 4.69) is 15.9 Å². The van der Waals surface area contributed by atoms with Gasteiger partial charge in [0.05, 0.1) is 11.6 Å². The van der Waals surface area contributed by atoms with Crippen molar-refractivity contribution in [2.24, 2.45) is 0 Å². The predicted molar refractivity (Wildman–Crippen MR) is 92.7 cm³/mol. The van der Waals surface area contributed by atoms with Gasteiger partial charge >= 0.3 is 12.1 Å². The summed E-state index contributed by atoms with van der Waals surface area (Å²) in [6, 6.07) is 1.02. The van der Waals surface area contributed by atoms with Crippen LogP contribution in [0.5, 0.6) is 11.5 Å². The average Bonchev–Trinajstić information content (AvgIpc) is 2.36. The molecule has 0 fully saturated rings. The summed E-state index contributed by atoms with van der Waals surface area (Å²) in [5.74, 6) is -2.35. The van der Waals surface area contributed by atoms with Crippen molar-refractivity contribution in [3.63, 3.8) is 0 Å². The molecule has 0 aliphatic rings. The molecule has 6 nitrogen and oxygen atoms in total. The molecule has 0 atom stereocenters. The summed E-state index contributed by atoms with van der Waals surface area (Å²) in [6.07, 6.45) is -1.05. The Morgan fingerprint density at radius 2 is 1.52 bits per heavy atom. The van der Waals surface area contributed by atoms with Crippen LogP contribution in [0.15, 0.2) is 10.5 Å². The Kier molecular flexibility index (Phi) is 6.44. The Morgan fingerprint density at radius 1 is 1.00 bits per heavy atom. The third kappa shape index (κ3) is 6.19. The van der Waals surface area contributed by atoms with E-state index in [0.717, 1.165) is 6.07 Å². The SMILES string of the molecule is COc1c(F)cc(Br)c(OC(=O)OC(C)(C)C)c1C(=O)OC(C)(C)C. The Morgan fingerprint density at radius 3 is 1.96 bits per heavy atom. The summed E-state index contributed by atoms with van der Waals surface area (Å²) in [5, 5.41) is 0. The largest absolute Gasteiger partial charge is 0.514 e. The maximum Gasteiger partial charge on any atom is 0.514 e. The highest BCUT2D eigenvalue weighted by Gasteiger charge is 2.31. The number of ether oxygens (including phenoxy) is 4. The van der Waals surface area contributed by atoms with Crippen LogP contribution in [0.3, 0.4) is 0 Å². The zero-order chi connectivity index (χ0) is 19.6. The number of rotatable bonds is 3. The summed E-state index contributed by atoms with van der Waals surface area (Å²) in [6.45, 7) is 9.93. The van der Waals surface area contributed by atoms with Crippen LogP contribution >= 0.6 is 15.9 Å². The summed E-state index contributed by atoms with van der Waals surface area (Å²) in [4.78, 5) is 24.5. The maximum absolute atomic E-state index is 14.2. The third-order valence-electron chi connectivity index (χ3n) is 2.52. The minimum atomic E-state index is -1.05. The molecule has 1 aromatic carbocycles. The molecular formula is C17H22BrFO6. The fraction of sp³-hybridized carbons (Fsp3) is 0.529. The van der Waals surface area contributed by atoms with Crippen LogP contribution in [-0.2, 0) is 9.47 Å². The highest BCUT2D eigenvalue weighted by molar-refractivity contribution is 9.10. The molecule has 140 valence electrons. The van der Waals surface area contributed by atoms with Crippen LogP contribution in [0.2, 0.25) is 0 Å². The number of methoxy groups -OCH3 is 1.